The first-order chi connectivity index (χ1) is 11.1. The molecule has 2 unspecified atom stereocenters. The van der Waals surface area contributed by atoms with Gasteiger partial charge in [0, 0.05) is 26.3 Å². The third-order valence-corrected chi connectivity index (χ3v) is 4.23. The smallest absolute Gasteiger partial charge is 0.362 e. The van der Waals surface area contributed by atoms with Crippen LogP contribution in [0.25, 0.3) is 0 Å². The molecule has 0 radical (unpaired) electrons. The van der Waals surface area contributed by atoms with E-state index in [-0.39, 0.29) is 17.8 Å². The third kappa shape index (κ3) is 3.19. The Morgan fingerprint density at radius 3 is 2.70 bits per heavy atom. The van der Waals surface area contributed by atoms with Crippen LogP contribution in [0.2, 0.25) is 0 Å². The van der Waals surface area contributed by atoms with Crippen molar-refractivity contribution in [3.8, 4) is 5.75 Å². The van der Waals surface area contributed by atoms with Crippen LogP contribution >= 0.6 is 0 Å². The highest BCUT2D eigenvalue weighted by atomic mass is 16.6. The number of likely N-dealkylation sites (tertiary alicyclic amines) is 1. The molecule has 1 aromatic rings. The number of benzene rings is 1. The summed E-state index contributed by atoms with van der Waals surface area (Å²) in [5.74, 6) is 1.45. The molecule has 2 atom stereocenters. The second-order valence-electron chi connectivity index (χ2n) is 5.68. The zero-order valence-corrected chi connectivity index (χ0v) is 13.1. The van der Waals surface area contributed by atoms with Crippen molar-refractivity contribution in [3.05, 3.63) is 51.8 Å². The van der Waals surface area contributed by atoms with E-state index in [2.05, 4.69) is 9.89 Å². The van der Waals surface area contributed by atoms with Crippen molar-refractivity contribution in [1.29, 1.82) is 0 Å². The fourth-order valence-corrected chi connectivity index (χ4v) is 3.04. The topological polar surface area (TPSA) is 77.2 Å². The van der Waals surface area contributed by atoms with E-state index in [0.29, 0.717) is 13.1 Å². The van der Waals surface area contributed by atoms with Gasteiger partial charge in [-0.15, -0.1) is 0 Å². The molecular weight excluding hydrogens is 298 g/mol. The summed E-state index contributed by atoms with van der Waals surface area (Å²) >= 11 is 0. The van der Waals surface area contributed by atoms with Crippen molar-refractivity contribution in [2.75, 3.05) is 20.8 Å². The maximum absolute atomic E-state index is 11.0. The number of rotatable bonds is 5. The summed E-state index contributed by atoms with van der Waals surface area (Å²) in [5.41, 5.74) is 1.10. The number of amidine groups is 1. The zero-order chi connectivity index (χ0) is 16.4. The number of nitrogens with zero attached hydrogens (tertiary/aromatic N) is 3. The lowest BCUT2D eigenvalue weighted by Crippen LogP contribution is -2.46. The lowest BCUT2D eigenvalue weighted by atomic mass is 9.95. The summed E-state index contributed by atoms with van der Waals surface area (Å²) in [6.07, 6.45) is 2.40. The van der Waals surface area contributed by atoms with E-state index in [1.165, 1.54) is 0 Å². The SMILES string of the molecule is COc1ccc(CN2CC(OC)CC3C=C([N+](=O)[O-])N=C32)cc1. The predicted molar refractivity (Wildman–Crippen MR) is 84.8 cm³/mol. The molecule has 3 rings (SSSR count). The second kappa shape index (κ2) is 6.37. The standard InChI is InChI=1S/C16H19N3O4/c1-22-13-5-3-11(4-6-13)9-18-10-14(23-2)7-12-8-15(19(20)21)17-16(12)18/h3-6,8,12,14H,7,9-10H2,1-2H3. The van der Waals surface area contributed by atoms with Crippen LogP contribution in [0.4, 0.5) is 0 Å². The Morgan fingerprint density at radius 1 is 1.35 bits per heavy atom. The molecule has 0 saturated carbocycles. The average Bonchev–Trinajstić information content (AvgIpc) is 3.00. The lowest BCUT2D eigenvalue weighted by Gasteiger charge is -2.34. The number of nitro groups is 1. The van der Waals surface area contributed by atoms with Gasteiger partial charge in [-0.2, -0.15) is 0 Å². The molecule has 0 N–H and O–H groups in total. The average molecular weight is 317 g/mol. The largest absolute Gasteiger partial charge is 0.497 e. The van der Waals surface area contributed by atoms with Crippen molar-refractivity contribution in [2.24, 2.45) is 10.9 Å². The molecule has 0 aromatic heterocycles. The summed E-state index contributed by atoms with van der Waals surface area (Å²) < 4.78 is 10.6. The fourth-order valence-electron chi connectivity index (χ4n) is 3.04. The van der Waals surface area contributed by atoms with Crippen LogP contribution in [0.5, 0.6) is 5.75 Å². The number of aliphatic imine (C=N–C) groups is 1. The zero-order valence-electron chi connectivity index (χ0n) is 13.1. The van der Waals surface area contributed by atoms with Gasteiger partial charge in [0.2, 0.25) is 5.84 Å². The Kier molecular flexibility index (Phi) is 4.29. The van der Waals surface area contributed by atoms with Gasteiger partial charge < -0.3 is 24.5 Å². The quantitative estimate of drug-likeness (QED) is 0.613. The van der Waals surface area contributed by atoms with Crippen LogP contribution in [0, 0.1) is 16.0 Å². The summed E-state index contributed by atoms with van der Waals surface area (Å²) in [7, 11) is 3.30. The molecule has 1 fully saturated rings. The Bertz CT molecular complexity index is 654. The molecular formula is C16H19N3O4. The fraction of sp³-hybridized carbons (Fsp3) is 0.438. The van der Waals surface area contributed by atoms with Gasteiger partial charge in [0.15, 0.2) is 0 Å². The van der Waals surface area contributed by atoms with Crippen molar-refractivity contribution >= 4 is 5.84 Å². The highest BCUT2D eigenvalue weighted by molar-refractivity contribution is 5.89. The minimum Gasteiger partial charge on any atom is -0.497 e. The Hall–Kier alpha value is -2.41. The Labute approximate surface area is 134 Å². The van der Waals surface area contributed by atoms with E-state index in [1.807, 2.05) is 24.3 Å². The van der Waals surface area contributed by atoms with Crippen LogP contribution in [0.1, 0.15) is 12.0 Å². The van der Waals surface area contributed by atoms with E-state index in [9.17, 15) is 10.1 Å². The maximum Gasteiger partial charge on any atom is 0.362 e. The van der Waals surface area contributed by atoms with Crippen LogP contribution < -0.4 is 4.74 Å². The van der Waals surface area contributed by atoms with E-state index in [1.54, 1.807) is 20.3 Å². The van der Waals surface area contributed by atoms with Gasteiger partial charge in [-0.3, -0.25) is 0 Å². The van der Waals surface area contributed by atoms with Crippen LogP contribution in [-0.2, 0) is 11.3 Å². The molecule has 7 heteroatoms. The molecule has 1 aromatic carbocycles. The van der Waals surface area contributed by atoms with Gasteiger partial charge in [0.25, 0.3) is 0 Å². The molecule has 2 heterocycles. The van der Waals surface area contributed by atoms with E-state index in [0.717, 1.165) is 23.6 Å². The minimum atomic E-state index is -0.432. The number of piperidine rings is 1. The van der Waals surface area contributed by atoms with E-state index < -0.39 is 4.92 Å². The maximum atomic E-state index is 11.0. The number of hydrogen-bond acceptors (Lipinski definition) is 6. The van der Waals surface area contributed by atoms with Crippen molar-refractivity contribution < 1.29 is 14.4 Å². The van der Waals surface area contributed by atoms with Crippen molar-refractivity contribution in [1.82, 2.24) is 4.90 Å². The minimum absolute atomic E-state index is 0.0413. The molecule has 1 saturated heterocycles. The number of ether oxygens (including phenoxy) is 2. The monoisotopic (exact) mass is 317 g/mol. The molecule has 0 spiro atoms. The summed E-state index contributed by atoms with van der Waals surface area (Å²) in [4.78, 5) is 16.8. The highest BCUT2D eigenvalue weighted by Gasteiger charge is 2.40. The highest BCUT2D eigenvalue weighted by Crippen LogP contribution is 2.30. The van der Waals surface area contributed by atoms with Gasteiger partial charge in [0.05, 0.1) is 19.1 Å². The van der Waals surface area contributed by atoms with Gasteiger partial charge in [-0.25, -0.2) is 0 Å². The molecule has 0 aliphatic carbocycles. The first-order valence-corrected chi connectivity index (χ1v) is 7.46. The van der Waals surface area contributed by atoms with Gasteiger partial charge >= 0.3 is 5.82 Å². The molecule has 23 heavy (non-hydrogen) atoms. The van der Waals surface area contributed by atoms with E-state index in [4.69, 9.17) is 9.47 Å². The third-order valence-electron chi connectivity index (χ3n) is 4.23. The molecule has 0 bridgehead atoms. The van der Waals surface area contributed by atoms with Crippen LogP contribution in [-0.4, -0.2) is 42.5 Å². The first-order valence-electron chi connectivity index (χ1n) is 7.46. The van der Waals surface area contributed by atoms with E-state index >= 15 is 0 Å². The Balaban J connectivity index is 1.81. The van der Waals surface area contributed by atoms with Crippen LogP contribution in [0.3, 0.4) is 0 Å². The number of methoxy groups -OCH3 is 2. The number of fused-ring (bicyclic) bond motifs is 1. The lowest BCUT2D eigenvalue weighted by molar-refractivity contribution is -0.425. The van der Waals surface area contributed by atoms with Gasteiger partial charge in [0.1, 0.15) is 5.75 Å². The second-order valence-corrected chi connectivity index (χ2v) is 5.68. The molecule has 0 amide bonds. The number of hydrogen-bond donors (Lipinski definition) is 0. The summed E-state index contributed by atoms with van der Waals surface area (Å²) in [5, 5.41) is 11.0. The van der Waals surface area contributed by atoms with Gasteiger partial charge in [-0.05, 0) is 34.0 Å². The summed E-state index contributed by atoms with van der Waals surface area (Å²) in [6.45, 7) is 1.31. The Morgan fingerprint density at radius 2 is 2.09 bits per heavy atom. The predicted octanol–water partition coefficient (Wildman–Crippen LogP) is 2.06. The van der Waals surface area contributed by atoms with Gasteiger partial charge in [-0.1, -0.05) is 12.1 Å². The van der Waals surface area contributed by atoms with Crippen molar-refractivity contribution in [3.63, 3.8) is 0 Å². The first kappa shape index (κ1) is 15.5. The molecule has 2 aliphatic rings. The molecule has 122 valence electrons. The van der Waals surface area contributed by atoms with Crippen molar-refractivity contribution in [2.45, 2.75) is 19.1 Å². The molecule has 2 aliphatic heterocycles. The summed E-state index contributed by atoms with van der Waals surface area (Å²) in [6, 6.07) is 7.78. The normalized spacial score (nSPS) is 23.1. The van der Waals surface area contributed by atoms with Crippen LogP contribution in [0.15, 0.2) is 41.2 Å². The molecule has 7 nitrogen and oxygen atoms in total.